The van der Waals surface area contributed by atoms with Crippen LogP contribution in [-0.4, -0.2) is 18.5 Å². The summed E-state index contributed by atoms with van der Waals surface area (Å²) in [7, 11) is 1.70. The van der Waals surface area contributed by atoms with Gasteiger partial charge in [-0.3, -0.25) is 4.79 Å². The predicted molar refractivity (Wildman–Crippen MR) is 117 cm³/mol. The number of amides is 1. The van der Waals surface area contributed by atoms with E-state index in [9.17, 15) is 15.3 Å². The SMILES string of the molecule is C/C(C(NC(C)(C)CC(C)(C)C)=C(C#N)C#N)=C1/C(=O)N(C)c2ccc(Cl)cc21. The van der Waals surface area contributed by atoms with Crippen molar-refractivity contribution in [2.24, 2.45) is 5.41 Å². The Morgan fingerprint density at radius 3 is 2.28 bits per heavy atom. The zero-order chi connectivity index (χ0) is 22.1. The number of rotatable bonds is 4. The Labute approximate surface area is 178 Å². The van der Waals surface area contributed by atoms with Gasteiger partial charge in [-0.15, -0.1) is 0 Å². The average Bonchev–Trinajstić information content (AvgIpc) is 2.82. The van der Waals surface area contributed by atoms with Crippen LogP contribution in [-0.2, 0) is 4.79 Å². The van der Waals surface area contributed by atoms with Gasteiger partial charge >= 0.3 is 0 Å². The lowest BCUT2D eigenvalue weighted by Gasteiger charge is -2.35. The molecule has 1 aliphatic rings. The summed E-state index contributed by atoms with van der Waals surface area (Å²) in [6, 6.07) is 9.22. The van der Waals surface area contributed by atoms with Crippen LogP contribution in [0.2, 0.25) is 5.02 Å². The van der Waals surface area contributed by atoms with Gasteiger partial charge in [0.05, 0.1) is 17.0 Å². The Balaban J connectivity index is 2.70. The maximum atomic E-state index is 13.0. The van der Waals surface area contributed by atoms with E-state index in [1.165, 1.54) is 0 Å². The van der Waals surface area contributed by atoms with Crippen molar-refractivity contribution in [1.29, 1.82) is 10.5 Å². The molecule has 0 saturated heterocycles. The van der Waals surface area contributed by atoms with Gasteiger partial charge in [0.2, 0.25) is 0 Å². The van der Waals surface area contributed by atoms with Crippen LogP contribution < -0.4 is 10.2 Å². The zero-order valence-corrected chi connectivity index (χ0v) is 18.8. The predicted octanol–water partition coefficient (Wildman–Crippen LogP) is 5.20. The molecule has 29 heavy (non-hydrogen) atoms. The van der Waals surface area contributed by atoms with Gasteiger partial charge in [-0.05, 0) is 56.4 Å². The molecule has 1 aromatic rings. The second kappa shape index (κ2) is 7.93. The van der Waals surface area contributed by atoms with Gasteiger partial charge in [0.15, 0.2) is 5.57 Å². The highest BCUT2D eigenvalue weighted by atomic mass is 35.5. The molecule has 0 atom stereocenters. The van der Waals surface area contributed by atoms with Crippen LogP contribution >= 0.6 is 11.6 Å². The van der Waals surface area contributed by atoms with Gasteiger partial charge in [-0.25, -0.2) is 0 Å². The molecule has 152 valence electrons. The van der Waals surface area contributed by atoms with Gasteiger partial charge in [0.1, 0.15) is 12.1 Å². The van der Waals surface area contributed by atoms with Crippen molar-refractivity contribution in [3.8, 4) is 12.1 Å². The van der Waals surface area contributed by atoms with Crippen LogP contribution in [0.4, 0.5) is 5.69 Å². The fraction of sp³-hybridized carbons (Fsp3) is 0.435. The molecule has 5 nitrogen and oxygen atoms in total. The van der Waals surface area contributed by atoms with E-state index >= 15 is 0 Å². The van der Waals surface area contributed by atoms with Gasteiger partial charge in [0.25, 0.3) is 5.91 Å². The standard InChI is InChI=1S/C23H27ClN4O/c1-14(19-17-10-16(24)8-9-18(17)28(7)21(19)29)20(15(11-25)12-26)27-23(5,6)13-22(2,3)4/h8-10,27H,13H2,1-7H3/b19-14-. The molecular weight excluding hydrogens is 384 g/mol. The number of carbonyl (C=O) groups excluding carboxylic acids is 1. The second-order valence-electron chi connectivity index (χ2n) is 9.25. The summed E-state index contributed by atoms with van der Waals surface area (Å²) in [5.41, 5.74) is 2.41. The molecule has 6 heteroatoms. The molecule has 1 N–H and O–H groups in total. The first kappa shape index (κ1) is 22.5. The summed E-state index contributed by atoms with van der Waals surface area (Å²) >= 11 is 6.18. The summed E-state index contributed by atoms with van der Waals surface area (Å²) in [5, 5.41) is 23.0. The minimum Gasteiger partial charge on any atom is -0.378 e. The minimum atomic E-state index is -0.404. The van der Waals surface area contributed by atoms with Crippen molar-refractivity contribution < 1.29 is 4.79 Å². The van der Waals surface area contributed by atoms with E-state index in [1.54, 1.807) is 37.1 Å². The molecule has 0 saturated carbocycles. The van der Waals surface area contributed by atoms with Gasteiger partial charge in [-0.1, -0.05) is 32.4 Å². The molecule has 0 spiro atoms. The molecule has 0 radical (unpaired) electrons. The molecule has 1 heterocycles. The Morgan fingerprint density at radius 1 is 1.17 bits per heavy atom. The number of anilines is 1. The van der Waals surface area contributed by atoms with E-state index in [4.69, 9.17) is 11.6 Å². The largest absolute Gasteiger partial charge is 0.378 e. The number of hydrogen-bond acceptors (Lipinski definition) is 4. The Hall–Kier alpha value is -2.76. The van der Waals surface area contributed by atoms with Crippen molar-refractivity contribution in [1.82, 2.24) is 5.32 Å². The number of nitrogens with zero attached hydrogens (tertiary/aromatic N) is 3. The van der Waals surface area contributed by atoms with Crippen molar-refractivity contribution in [2.45, 2.75) is 53.5 Å². The molecule has 0 bridgehead atoms. The topological polar surface area (TPSA) is 79.9 Å². The van der Waals surface area contributed by atoms with E-state index in [0.717, 1.165) is 12.1 Å². The van der Waals surface area contributed by atoms with Crippen LogP contribution in [0.5, 0.6) is 0 Å². The van der Waals surface area contributed by atoms with Crippen molar-refractivity contribution in [3.05, 3.63) is 45.6 Å². The van der Waals surface area contributed by atoms with Gasteiger partial charge < -0.3 is 10.2 Å². The number of benzene rings is 1. The monoisotopic (exact) mass is 410 g/mol. The lowest BCUT2D eigenvalue weighted by atomic mass is 9.81. The lowest BCUT2D eigenvalue weighted by molar-refractivity contribution is -0.112. The first-order valence-corrected chi connectivity index (χ1v) is 9.81. The first-order chi connectivity index (χ1) is 13.3. The highest BCUT2D eigenvalue weighted by molar-refractivity contribution is 6.35. The number of nitriles is 2. The Kier molecular flexibility index (Phi) is 6.16. The highest BCUT2D eigenvalue weighted by Crippen LogP contribution is 2.41. The maximum Gasteiger partial charge on any atom is 0.259 e. The number of fused-ring (bicyclic) bond motifs is 1. The number of halogens is 1. The highest BCUT2D eigenvalue weighted by Gasteiger charge is 2.34. The number of allylic oxidation sites excluding steroid dienone is 2. The van der Waals surface area contributed by atoms with E-state index in [1.807, 2.05) is 26.0 Å². The zero-order valence-electron chi connectivity index (χ0n) is 18.1. The van der Waals surface area contributed by atoms with E-state index in [-0.39, 0.29) is 16.9 Å². The van der Waals surface area contributed by atoms with Crippen LogP contribution in [0.25, 0.3) is 5.57 Å². The van der Waals surface area contributed by atoms with E-state index in [0.29, 0.717) is 27.4 Å². The number of likely N-dealkylation sites (N-methyl/N-ethyl adjacent to an activating group) is 1. The summed E-state index contributed by atoms with van der Waals surface area (Å²) in [6.07, 6.45) is 0.798. The molecular formula is C23H27ClN4O. The lowest BCUT2D eigenvalue weighted by Crippen LogP contribution is -2.42. The number of nitrogens with one attached hydrogen (secondary N) is 1. The molecule has 0 aromatic heterocycles. The Bertz CT molecular complexity index is 981. The molecule has 2 rings (SSSR count). The first-order valence-electron chi connectivity index (χ1n) is 9.43. The van der Waals surface area contributed by atoms with Crippen LogP contribution in [0.15, 0.2) is 35.0 Å². The third kappa shape index (κ3) is 4.81. The normalized spacial score (nSPS) is 15.4. The second-order valence-corrected chi connectivity index (χ2v) is 9.68. The molecule has 0 unspecified atom stereocenters. The third-order valence-electron chi connectivity index (χ3n) is 4.77. The average molecular weight is 411 g/mol. The third-order valence-corrected chi connectivity index (χ3v) is 5.00. The maximum absolute atomic E-state index is 13.0. The van der Waals surface area contributed by atoms with Crippen molar-refractivity contribution >= 4 is 28.8 Å². The number of hydrogen-bond donors (Lipinski definition) is 1. The molecule has 1 amide bonds. The van der Waals surface area contributed by atoms with Gasteiger partial charge in [-0.2, -0.15) is 10.5 Å². The smallest absolute Gasteiger partial charge is 0.259 e. The molecule has 0 aliphatic carbocycles. The van der Waals surface area contributed by atoms with Crippen molar-refractivity contribution in [3.63, 3.8) is 0 Å². The fourth-order valence-electron chi connectivity index (χ4n) is 4.07. The fourth-order valence-corrected chi connectivity index (χ4v) is 4.24. The van der Waals surface area contributed by atoms with Gasteiger partial charge in [0, 0.05) is 23.2 Å². The summed E-state index contributed by atoms with van der Waals surface area (Å²) < 4.78 is 0. The van der Waals surface area contributed by atoms with E-state index < -0.39 is 5.54 Å². The summed E-state index contributed by atoms with van der Waals surface area (Å²) in [4.78, 5) is 14.6. The van der Waals surface area contributed by atoms with Crippen LogP contribution in [0.1, 0.15) is 53.5 Å². The summed E-state index contributed by atoms with van der Waals surface area (Å²) in [6.45, 7) is 12.2. The summed E-state index contributed by atoms with van der Waals surface area (Å²) in [5.74, 6) is -0.192. The van der Waals surface area contributed by atoms with Crippen LogP contribution in [0.3, 0.4) is 0 Å². The number of carbonyl (C=O) groups is 1. The quantitative estimate of drug-likeness (QED) is 0.546. The van der Waals surface area contributed by atoms with E-state index in [2.05, 4.69) is 26.1 Å². The minimum absolute atomic E-state index is 0.0334. The molecule has 1 aliphatic heterocycles. The van der Waals surface area contributed by atoms with Crippen LogP contribution in [0, 0.1) is 28.1 Å². The van der Waals surface area contributed by atoms with Crippen molar-refractivity contribution in [2.75, 3.05) is 11.9 Å². The Morgan fingerprint density at radius 2 is 1.76 bits per heavy atom. The molecule has 0 fully saturated rings. The molecule has 1 aromatic carbocycles.